The molecule has 2 aromatic rings. The number of carbonyl (C=O) groups is 1. The Kier molecular flexibility index (Phi) is 8.96. The highest BCUT2D eigenvalue weighted by atomic mass is 19.1. The quantitative estimate of drug-likeness (QED) is 0.320. The number of fused-ring (bicyclic) bond motifs is 1. The molecule has 1 heterocycles. The lowest BCUT2D eigenvalue weighted by Gasteiger charge is -2.31. The highest BCUT2D eigenvalue weighted by Gasteiger charge is 2.26. The van der Waals surface area contributed by atoms with E-state index in [4.69, 9.17) is 0 Å². The number of aromatic nitrogens is 1. The monoisotopic (exact) mass is 505 g/mol. The zero-order valence-corrected chi connectivity index (χ0v) is 23.1. The third-order valence-electron chi connectivity index (χ3n) is 6.59. The number of hydrogen-bond donors (Lipinski definition) is 3. The lowest BCUT2D eigenvalue weighted by Crippen LogP contribution is -2.48. The third kappa shape index (κ3) is 7.31. The van der Waals surface area contributed by atoms with Gasteiger partial charge in [-0.05, 0) is 54.0 Å². The summed E-state index contributed by atoms with van der Waals surface area (Å²) in [5.74, 6) is 0.132. The Bertz CT molecular complexity index is 1190. The van der Waals surface area contributed by atoms with E-state index in [0.717, 1.165) is 18.5 Å². The van der Waals surface area contributed by atoms with E-state index in [1.807, 2.05) is 53.7 Å². The van der Waals surface area contributed by atoms with Crippen molar-refractivity contribution in [2.75, 3.05) is 10.6 Å². The molecule has 7 heteroatoms. The molecule has 0 spiro atoms. The van der Waals surface area contributed by atoms with Crippen molar-refractivity contribution in [2.45, 2.75) is 85.7 Å². The van der Waals surface area contributed by atoms with Gasteiger partial charge in [0.25, 0.3) is 0 Å². The fourth-order valence-electron chi connectivity index (χ4n) is 4.82. The number of amides is 1. The van der Waals surface area contributed by atoms with Gasteiger partial charge < -0.3 is 16.0 Å². The Morgan fingerprint density at radius 2 is 1.92 bits per heavy atom. The summed E-state index contributed by atoms with van der Waals surface area (Å²) in [4.78, 5) is 17.0. The molecule has 1 aromatic heterocycles. The number of nitrogens with zero attached hydrogens (tertiary/aromatic N) is 2. The molecule has 0 saturated heterocycles. The zero-order chi connectivity index (χ0) is 27.3. The average Bonchev–Trinajstić information content (AvgIpc) is 3.19. The molecule has 0 saturated carbocycles. The van der Waals surface area contributed by atoms with Crippen LogP contribution in [0, 0.1) is 28.5 Å². The van der Waals surface area contributed by atoms with E-state index in [1.165, 1.54) is 17.2 Å². The van der Waals surface area contributed by atoms with Crippen molar-refractivity contribution in [3.05, 3.63) is 52.8 Å². The largest absolute Gasteiger partial charge is 0.363 e. The van der Waals surface area contributed by atoms with Gasteiger partial charge in [-0.1, -0.05) is 66.2 Å². The third-order valence-corrected chi connectivity index (χ3v) is 6.59. The first-order valence-electron chi connectivity index (χ1n) is 13.2. The second-order valence-corrected chi connectivity index (χ2v) is 11.6. The predicted octanol–water partition coefficient (Wildman–Crippen LogP) is 7.12. The van der Waals surface area contributed by atoms with Crippen LogP contribution in [0.15, 0.2) is 30.3 Å². The molecule has 1 aliphatic carbocycles. The van der Waals surface area contributed by atoms with Crippen LogP contribution < -0.4 is 16.0 Å². The molecule has 1 amide bonds. The summed E-state index contributed by atoms with van der Waals surface area (Å²) >= 11 is 0. The standard InChI is InChI=1S/C30H40FN5O/c1-8-9-20-10-11-21-12-13-23(15-24(20)21)34-28-22(17-32)14-25(31)29(36-28)35-27(18(2)3)19(4)33-26(37)16-30(5,6)7/h10-15,18-20,27H,8-9,16H2,1-7H3,(H,33,37)(H2,34,35,36)/t19-,20?,27+/m0/s1. The summed E-state index contributed by atoms with van der Waals surface area (Å²) < 4.78 is 15.0. The smallest absolute Gasteiger partial charge is 0.220 e. The minimum absolute atomic E-state index is 0.0452. The van der Waals surface area contributed by atoms with Gasteiger partial charge in [0.1, 0.15) is 6.07 Å². The molecule has 3 atom stereocenters. The molecule has 198 valence electrons. The predicted molar refractivity (Wildman–Crippen MR) is 149 cm³/mol. The first-order valence-corrected chi connectivity index (χ1v) is 13.2. The number of benzene rings is 1. The number of carbonyl (C=O) groups excluding carboxylic acids is 1. The van der Waals surface area contributed by atoms with E-state index >= 15 is 4.39 Å². The van der Waals surface area contributed by atoms with Crippen molar-refractivity contribution in [1.29, 1.82) is 5.26 Å². The number of hydrogen-bond acceptors (Lipinski definition) is 5. The molecule has 0 fully saturated rings. The van der Waals surface area contributed by atoms with Crippen molar-refractivity contribution in [3.8, 4) is 6.07 Å². The molecule has 37 heavy (non-hydrogen) atoms. The topological polar surface area (TPSA) is 89.8 Å². The first kappa shape index (κ1) is 28.2. The average molecular weight is 506 g/mol. The van der Waals surface area contributed by atoms with E-state index in [-0.39, 0.29) is 46.5 Å². The molecule has 3 N–H and O–H groups in total. The number of halogens is 1. The Labute approximate surface area is 220 Å². The molecule has 0 radical (unpaired) electrons. The summed E-state index contributed by atoms with van der Waals surface area (Å²) in [6.07, 6.45) is 6.93. The van der Waals surface area contributed by atoms with Crippen molar-refractivity contribution >= 4 is 29.3 Å². The lowest BCUT2D eigenvalue weighted by atomic mass is 9.91. The Morgan fingerprint density at radius 3 is 2.54 bits per heavy atom. The molecular weight excluding hydrogens is 465 g/mol. The zero-order valence-electron chi connectivity index (χ0n) is 23.1. The maximum atomic E-state index is 15.0. The van der Waals surface area contributed by atoms with Gasteiger partial charge in [0.05, 0.1) is 5.56 Å². The van der Waals surface area contributed by atoms with Crippen molar-refractivity contribution in [2.24, 2.45) is 11.3 Å². The van der Waals surface area contributed by atoms with Crippen LogP contribution in [-0.4, -0.2) is 23.0 Å². The molecule has 6 nitrogen and oxygen atoms in total. The van der Waals surface area contributed by atoms with Gasteiger partial charge in [-0.2, -0.15) is 5.26 Å². The number of nitrogens with one attached hydrogen (secondary N) is 3. The molecule has 3 rings (SSSR count). The highest BCUT2D eigenvalue weighted by molar-refractivity contribution is 5.77. The number of pyridine rings is 1. The minimum Gasteiger partial charge on any atom is -0.363 e. The maximum absolute atomic E-state index is 15.0. The maximum Gasteiger partial charge on any atom is 0.220 e. The van der Waals surface area contributed by atoms with E-state index < -0.39 is 5.82 Å². The molecule has 0 bridgehead atoms. The summed E-state index contributed by atoms with van der Waals surface area (Å²) in [6, 6.07) is 8.80. The van der Waals surface area contributed by atoms with Crippen LogP contribution in [0.4, 0.5) is 21.7 Å². The Balaban J connectivity index is 1.84. The van der Waals surface area contributed by atoms with E-state index in [1.54, 1.807) is 0 Å². The molecular formula is C30H40FN5O. The van der Waals surface area contributed by atoms with Crippen LogP contribution in [0.2, 0.25) is 0 Å². The second-order valence-electron chi connectivity index (χ2n) is 11.6. The number of anilines is 3. The van der Waals surface area contributed by atoms with E-state index in [0.29, 0.717) is 12.3 Å². The molecule has 1 unspecified atom stereocenters. The summed E-state index contributed by atoms with van der Waals surface area (Å²) in [7, 11) is 0. The molecule has 0 aliphatic heterocycles. The lowest BCUT2D eigenvalue weighted by molar-refractivity contribution is -0.123. The van der Waals surface area contributed by atoms with Crippen LogP contribution in [-0.2, 0) is 4.79 Å². The van der Waals surface area contributed by atoms with Gasteiger partial charge >= 0.3 is 0 Å². The van der Waals surface area contributed by atoms with Crippen LogP contribution in [0.3, 0.4) is 0 Å². The summed E-state index contributed by atoms with van der Waals surface area (Å²) in [6.45, 7) is 14.1. The molecule has 1 aromatic carbocycles. The van der Waals surface area contributed by atoms with E-state index in [9.17, 15) is 10.1 Å². The van der Waals surface area contributed by atoms with Gasteiger partial charge in [0.15, 0.2) is 17.5 Å². The van der Waals surface area contributed by atoms with Crippen molar-refractivity contribution in [3.63, 3.8) is 0 Å². The van der Waals surface area contributed by atoms with Crippen LogP contribution in [0.1, 0.15) is 90.3 Å². The SMILES string of the molecule is CCCC1C=Cc2ccc(Nc3nc(N[C@H](C(C)C)[C@H](C)NC(=O)CC(C)(C)C)c(F)cc3C#N)cc21. The van der Waals surface area contributed by atoms with Crippen LogP contribution >= 0.6 is 0 Å². The number of rotatable bonds is 10. The van der Waals surface area contributed by atoms with Gasteiger partial charge in [-0.3, -0.25) is 4.79 Å². The number of nitriles is 1. The Hall–Kier alpha value is -3.40. The van der Waals surface area contributed by atoms with Gasteiger partial charge in [-0.15, -0.1) is 0 Å². The number of allylic oxidation sites excluding steroid dienone is 1. The summed E-state index contributed by atoms with van der Waals surface area (Å²) in [5.41, 5.74) is 3.23. The fourth-order valence-corrected chi connectivity index (χ4v) is 4.82. The van der Waals surface area contributed by atoms with Crippen molar-refractivity contribution < 1.29 is 9.18 Å². The van der Waals surface area contributed by atoms with Gasteiger partial charge in [0.2, 0.25) is 5.91 Å². The van der Waals surface area contributed by atoms with E-state index in [2.05, 4.69) is 52.1 Å². The highest BCUT2D eigenvalue weighted by Crippen LogP contribution is 2.36. The normalized spacial score (nSPS) is 16.2. The van der Waals surface area contributed by atoms with Gasteiger partial charge in [0, 0.05) is 30.1 Å². The first-order chi connectivity index (χ1) is 17.4. The fraction of sp³-hybridized carbons (Fsp3) is 0.500. The summed E-state index contributed by atoms with van der Waals surface area (Å²) in [5, 5.41) is 19.1. The van der Waals surface area contributed by atoms with Crippen molar-refractivity contribution in [1.82, 2.24) is 10.3 Å². The Morgan fingerprint density at radius 1 is 1.19 bits per heavy atom. The van der Waals surface area contributed by atoms with Gasteiger partial charge in [-0.25, -0.2) is 9.37 Å². The molecule has 1 aliphatic rings. The van der Waals surface area contributed by atoms with Crippen LogP contribution in [0.25, 0.3) is 6.08 Å². The second kappa shape index (κ2) is 11.8. The minimum atomic E-state index is -0.609. The van der Waals surface area contributed by atoms with Crippen LogP contribution in [0.5, 0.6) is 0 Å².